The van der Waals surface area contributed by atoms with Gasteiger partial charge in [0.2, 0.25) is 5.56 Å². The average molecular weight is 529 g/mol. The highest BCUT2D eigenvalue weighted by molar-refractivity contribution is 5.97. The molecule has 1 heterocycles. The molecule has 1 aromatic heterocycles. The number of ether oxygens (including phenoxy) is 1. The van der Waals surface area contributed by atoms with Gasteiger partial charge in [0.1, 0.15) is 11.6 Å². The number of aromatic amines is 1. The first kappa shape index (κ1) is 26.8. The number of pyridine rings is 1. The molecule has 6 nitrogen and oxygen atoms in total. The second kappa shape index (κ2) is 11.5. The van der Waals surface area contributed by atoms with Gasteiger partial charge in [-0.25, -0.2) is 4.39 Å². The van der Waals surface area contributed by atoms with E-state index in [9.17, 15) is 19.1 Å². The van der Waals surface area contributed by atoms with Gasteiger partial charge in [-0.2, -0.15) is 0 Å². The topological polar surface area (TPSA) is 91.4 Å². The fourth-order valence-electron chi connectivity index (χ4n) is 5.49. The molecule has 202 valence electrons. The summed E-state index contributed by atoms with van der Waals surface area (Å²) >= 11 is 0. The van der Waals surface area contributed by atoms with Crippen molar-refractivity contribution in [2.75, 3.05) is 13.2 Å². The Hall–Kier alpha value is -3.81. The van der Waals surface area contributed by atoms with Gasteiger partial charge in [-0.05, 0) is 89.9 Å². The summed E-state index contributed by atoms with van der Waals surface area (Å²) < 4.78 is 18.9. The quantitative estimate of drug-likeness (QED) is 0.256. The number of aliphatic hydroxyl groups is 1. The van der Waals surface area contributed by atoms with Crippen molar-refractivity contribution in [3.05, 3.63) is 110 Å². The first-order valence-corrected chi connectivity index (χ1v) is 13.5. The molecular weight excluding hydrogens is 495 g/mol. The summed E-state index contributed by atoms with van der Waals surface area (Å²) in [5.41, 5.74) is 6.69. The third kappa shape index (κ3) is 5.79. The molecule has 0 bridgehead atoms. The summed E-state index contributed by atoms with van der Waals surface area (Å²) in [6, 6.07) is 16.7. The minimum atomic E-state index is -0.811. The van der Waals surface area contributed by atoms with Crippen LogP contribution in [-0.4, -0.2) is 35.1 Å². The van der Waals surface area contributed by atoms with Crippen LogP contribution in [0.25, 0.3) is 10.9 Å². The molecule has 0 fully saturated rings. The van der Waals surface area contributed by atoms with E-state index >= 15 is 0 Å². The molecule has 0 saturated carbocycles. The molecule has 7 heteroatoms. The lowest BCUT2D eigenvalue weighted by atomic mass is 9.97. The number of hydrogen-bond donors (Lipinski definition) is 3. The zero-order valence-electron chi connectivity index (χ0n) is 22.2. The third-order valence-corrected chi connectivity index (χ3v) is 7.59. The Morgan fingerprint density at radius 1 is 1.03 bits per heavy atom. The Bertz CT molecular complexity index is 1530. The predicted molar refractivity (Wildman–Crippen MR) is 150 cm³/mol. The molecular formula is C32H33FN2O4. The molecule has 0 amide bonds. The first-order valence-electron chi connectivity index (χ1n) is 13.5. The first-order chi connectivity index (χ1) is 18.9. The number of nitrogens with one attached hydrogen (secondary N) is 2. The van der Waals surface area contributed by atoms with Gasteiger partial charge in [0.15, 0.2) is 12.4 Å². The van der Waals surface area contributed by atoms with Gasteiger partial charge in [0.25, 0.3) is 0 Å². The fraction of sp³-hybridized carbons (Fsp3) is 0.312. The SMILES string of the molecule is CCc1cc2c(cc1CC)CC(NC[C@@H](O)c1ccc(OCC(=O)c3ccc(F)cc3)c3[nH]c(=O)ccc13)C2. The van der Waals surface area contributed by atoms with Crippen molar-refractivity contribution in [2.24, 2.45) is 0 Å². The number of rotatable bonds is 10. The molecule has 1 aliphatic carbocycles. The third-order valence-electron chi connectivity index (χ3n) is 7.59. The molecule has 0 saturated heterocycles. The standard InChI is InChI=1S/C32H33FN2O4/c1-3-19-13-22-15-25(16-23(22)14-20(19)4-2)34-17-28(36)26-9-11-30(32-27(26)10-12-31(38)35-32)39-18-29(37)21-5-7-24(33)8-6-21/h5-14,25,28,34,36H,3-4,15-18H2,1-2H3,(H,35,38)/t28-/m1/s1. The Balaban J connectivity index is 1.29. The van der Waals surface area contributed by atoms with E-state index in [1.165, 1.54) is 52.6 Å². The lowest BCUT2D eigenvalue weighted by molar-refractivity contribution is 0.0922. The highest BCUT2D eigenvalue weighted by atomic mass is 19.1. The largest absolute Gasteiger partial charge is 0.483 e. The molecule has 1 atom stereocenters. The maximum atomic E-state index is 13.2. The van der Waals surface area contributed by atoms with Crippen molar-refractivity contribution in [3.8, 4) is 5.75 Å². The van der Waals surface area contributed by atoms with Crippen molar-refractivity contribution in [3.63, 3.8) is 0 Å². The molecule has 39 heavy (non-hydrogen) atoms. The van der Waals surface area contributed by atoms with E-state index in [4.69, 9.17) is 4.74 Å². The van der Waals surface area contributed by atoms with Crippen LogP contribution in [-0.2, 0) is 25.7 Å². The monoisotopic (exact) mass is 528 g/mol. The van der Waals surface area contributed by atoms with E-state index < -0.39 is 11.9 Å². The fourth-order valence-corrected chi connectivity index (χ4v) is 5.49. The molecule has 3 N–H and O–H groups in total. The number of hydrogen-bond acceptors (Lipinski definition) is 5. The number of aromatic nitrogens is 1. The van der Waals surface area contributed by atoms with Crippen molar-refractivity contribution < 1.29 is 19.0 Å². The number of aryl methyl sites for hydroxylation is 2. The van der Waals surface area contributed by atoms with E-state index in [2.05, 4.69) is 36.3 Å². The molecule has 1 aliphatic rings. The zero-order valence-corrected chi connectivity index (χ0v) is 22.2. The summed E-state index contributed by atoms with van der Waals surface area (Å²) in [5.74, 6) is -0.412. The van der Waals surface area contributed by atoms with Crippen molar-refractivity contribution in [1.82, 2.24) is 10.3 Å². The molecule has 5 rings (SSSR count). The summed E-state index contributed by atoms with van der Waals surface area (Å²) in [5, 5.41) is 15.3. The predicted octanol–water partition coefficient (Wildman–Crippen LogP) is 4.84. The van der Waals surface area contributed by atoms with Gasteiger partial charge < -0.3 is 20.1 Å². The Kier molecular flexibility index (Phi) is 7.91. The normalized spacial score (nSPS) is 13.9. The molecule has 0 spiro atoms. The van der Waals surface area contributed by atoms with Gasteiger partial charge in [0, 0.05) is 29.6 Å². The average Bonchev–Trinajstić information content (AvgIpc) is 3.35. The van der Waals surface area contributed by atoms with Crippen molar-refractivity contribution >= 4 is 16.7 Å². The zero-order chi connectivity index (χ0) is 27.5. The van der Waals surface area contributed by atoms with Crippen LogP contribution < -0.4 is 15.6 Å². The molecule has 0 radical (unpaired) electrons. The van der Waals surface area contributed by atoms with Crippen LogP contribution in [0.5, 0.6) is 5.75 Å². The van der Waals surface area contributed by atoms with E-state index in [0.29, 0.717) is 34.3 Å². The number of halogens is 1. The van der Waals surface area contributed by atoms with Gasteiger partial charge in [-0.1, -0.05) is 32.0 Å². The highest BCUT2D eigenvalue weighted by Crippen LogP contribution is 2.31. The number of Topliss-reactive ketones (excluding diaryl/α,β-unsaturated/α-hetero) is 1. The summed E-state index contributed by atoms with van der Waals surface area (Å²) in [6.07, 6.45) is 3.11. The number of benzene rings is 3. The van der Waals surface area contributed by atoms with Crippen molar-refractivity contribution in [2.45, 2.75) is 51.7 Å². The van der Waals surface area contributed by atoms with E-state index in [1.807, 2.05) is 0 Å². The van der Waals surface area contributed by atoms with Crippen LogP contribution in [0.15, 0.2) is 65.5 Å². The second-order valence-electron chi connectivity index (χ2n) is 10.1. The Morgan fingerprint density at radius 2 is 1.69 bits per heavy atom. The van der Waals surface area contributed by atoms with Crippen LogP contribution in [0.2, 0.25) is 0 Å². The Labute approximate surface area is 226 Å². The van der Waals surface area contributed by atoms with Crippen LogP contribution in [0, 0.1) is 5.82 Å². The molecule has 0 aliphatic heterocycles. The minimum Gasteiger partial charge on any atom is -0.483 e. The second-order valence-corrected chi connectivity index (χ2v) is 10.1. The number of ketones is 1. The number of carbonyl (C=O) groups excluding carboxylic acids is 1. The lowest BCUT2D eigenvalue weighted by Gasteiger charge is -2.19. The van der Waals surface area contributed by atoms with Gasteiger partial charge >= 0.3 is 0 Å². The van der Waals surface area contributed by atoms with Crippen molar-refractivity contribution in [1.29, 1.82) is 0 Å². The van der Waals surface area contributed by atoms with E-state index in [0.717, 1.165) is 25.7 Å². The van der Waals surface area contributed by atoms with Crippen LogP contribution >= 0.6 is 0 Å². The number of H-pyrrole nitrogens is 1. The summed E-state index contributed by atoms with van der Waals surface area (Å²) in [4.78, 5) is 27.4. The minimum absolute atomic E-state index is 0.248. The van der Waals surface area contributed by atoms with Crippen LogP contribution in [0.1, 0.15) is 58.1 Å². The van der Waals surface area contributed by atoms with Crippen LogP contribution in [0.4, 0.5) is 4.39 Å². The smallest absolute Gasteiger partial charge is 0.248 e. The molecule has 0 unspecified atom stereocenters. The number of aliphatic hydroxyl groups excluding tert-OH is 1. The summed E-state index contributed by atoms with van der Waals surface area (Å²) in [6.45, 7) is 4.47. The summed E-state index contributed by atoms with van der Waals surface area (Å²) in [7, 11) is 0. The highest BCUT2D eigenvalue weighted by Gasteiger charge is 2.24. The van der Waals surface area contributed by atoms with E-state index in [-0.39, 0.29) is 24.0 Å². The molecule has 4 aromatic rings. The van der Waals surface area contributed by atoms with E-state index in [1.54, 1.807) is 18.2 Å². The lowest BCUT2D eigenvalue weighted by Crippen LogP contribution is -2.33. The maximum Gasteiger partial charge on any atom is 0.248 e. The molecule has 3 aromatic carbocycles. The number of carbonyl (C=O) groups is 1. The Morgan fingerprint density at radius 3 is 2.33 bits per heavy atom. The van der Waals surface area contributed by atoms with Gasteiger partial charge in [-0.3, -0.25) is 9.59 Å². The van der Waals surface area contributed by atoms with Gasteiger partial charge in [-0.15, -0.1) is 0 Å². The van der Waals surface area contributed by atoms with Gasteiger partial charge in [0.05, 0.1) is 11.6 Å². The number of fused-ring (bicyclic) bond motifs is 2. The maximum absolute atomic E-state index is 13.2. The van der Waals surface area contributed by atoms with Crippen LogP contribution in [0.3, 0.4) is 0 Å².